The second-order valence-corrected chi connectivity index (χ2v) is 15.3. The van der Waals surface area contributed by atoms with Gasteiger partial charge in [0, 0.05) is 35.8 Å². The van der Waals surface area contributed by atoms with Crippen LogP contribution in [0.2, 0.25) is 0 Å². The minimum atomic E-state index is -4.16. The number of benzene rings is 2. The van der Waals surface area contributed by atoms with Gasteiger partial charge in [-0.25, -0.2) is 13.1 Å². The van der Waals surface area contributed by atoms with Gasteiger partial charge in [0.1, 0.15) is 23.3 Å². The molecule has 1 unspecified atom stereocenters. The molecule has 0 bridgehead atoms. The standard InChI is InChI=1S/C39H45N9O6S/c1-9-47-36(49)31(20-40)25(7)34(38(47)51)44-42-27-14-16-29(23(5)18-27)30-17-15-28(19-33(30)55(53,54)46-24(6)13-11-12-22(3)4)43-45-35-26(8)32(21-41)37(50)48(10-2)39(35)52/h14-19,22,24,46,49-50H,9-13H2,1-8H3. The van der Waals surface area contributed by atoms with Crippen LogP contribution in [0.1, 0.15) is 81.7 Å². The van der Waals surface area contributed by atoms with Gasteiger partial charge >= 0.3 is 0 Å². The Bertz CT molecular complexity index is 2510. The van der Waals surface area contributed by atoms with E-state index in [1.165, 1.54) is 19.9 Å². The lowest BCUT2D eigenvalue weighted by Crippen LogP contribution is -2.33. The van der Waals surface area contributed by atoms with Gasteiger partial charge in [-0.3, -0.25) is 18.7 Å². The molecule has 0 fully saturated rings. The van der Waals surface area contributed by atoms with Gasteiger partial charge in [-0.1, -0.05) is 38.8 Å². The Labute approximate surface area is 320 Å². The topological polar surface area (TPSA) is 228 Å². The molecule has 2 heterocycles. The summed E-state index contributed by atoms with van der Waals surface area (Å²) < 4.78 is 33.0. The van der Waals surface area contributed by atoms with Crippen LogP contribution in [0.5, 0.6) is 11.8 Å². The van der Waals surface area contributed by atoms with Gasteiger partial charge in [-0.05, 0) is 89.3 Å². The minimum Gasteiger partial charge on any atom is -0.493 e. The molecule has 55 heavy (non-hydrogen) atoms. The fourth-order valence-corrected chi connectivity index (χ4v) is 7.68. The smallest absolute Gasteiger partial charge is 0.281 e. The molecular formula is C39H45N9O6S. The van der Waals surface area contributed by atoms with Crippen molar-refractivity contribution in [2.75, 3.05) is 0 Å². The first-order chi connectivity index (χ1) is 26.0. The summed E-state index contributed by atoms with van der Waals surface area (Å²) in [4.78, 5) is 26.0. The number of nitrogens with zero attached hydrogens (tertiary/aromatic N) is 8. The zero-order valence-corrected chi connectivity index (χ0v) is 33.0. The zero-order chi connectivity index (χ0) is 40.8. The van der Waals surface area contributed by atoms with E-state index in [1.807, 2.05) is 12.1 Å². The van der Waals surface area contributed by atoms with Crippen molar-refractivity contribution in [1.82, 2.24) is 13.9 Å². The molecular weight excluding hydrogens is 723 g/mol. The summed E-state index contributed by atoms with van der Waals surface area (Å²) >= 11 is 0. The number of nitrogens with one attached hydrogen (secondary N) is 1. The number of sulfonamides is 1. The predicted molar refractivity (Wildman–Crippen MR) is 208 cm³/mol. The molecule has 288 valence electrons. The van der Waals surface area contributed by atoms with E-state index in [2.05, 4.69) is 39.0 Å². The predicted octanol–water partition coefficient (Wildman–Crippen LogP) is 8.12. The fourth-order valence-electron chi connectivity index (χ4n) is 6.17. The Balaban J connectivity index is 1.82. The summed E-state index contributed by atoms with van der Waals surface area (Å²) in [5, 5.41) is 56.7. The third kappa shape index (κ3) is 8.88. The number of rotatable bonds is 14. The molecule has 2 aromatic heterocycles. The van der Waals surface area contributed by atoms with Gasteiger partial charge in [0.2, 0.25) is 21.8 Å². The molecule has 0 saturated heterocycles. The highest BCUT2D eigenvalue weighted by Gasteiger charge is 2.24. The van der Waals surface area contributed by atoms with Crippen molar-refractivity contribution in [3.8, 4) is 35.0 Å². The summed E-state index contributed by atoms with van der Waals surface area (Å²) in [6.45, 7) is 14.2. The number of aromatic hydroxyl groups is 2. The molecule has 2 aromatic carbocycles. The number of pyridine rings is 2. The molecule has 0 aliphatic rings. The van der Waals surface area contributed by atoms with Gasteiger partial charge in [-0.2, -0.15) is 20.8 Å². The van der Waals surface area contributed by atoms with Crippen molar-refractivity contribution >= 4 is 32.8 Å². The largest absolute Gasteiger partial charge is 0.493 e. The van der Waals surface area contributed by atoms with E-state index < -0.39 is 32.9 Å². The number of hydrogen-bond acceptors (Lipinski definition) is 12. The van der Waals surface area contributed by atoms with Crippen molar-refractivity contribution in [2.45, 2.75) is 98.7 Å². The lowest BCUT2D eigenvalue weighted by molar-refractivity contribution is 0.408. The number of azo groups is 2. The van der Waals surface area contributed by atoms with E-state index in [-0.39, 0.29) is 63.3 Å². The molecule has 4 aromatic rings. The maximum atomic E-state index is 14.1. The zero-order valence-electron chi connectivity index (χ0n) is 32.2. The summed E-state index contributed by atoms with van der Waals surface area (Å²) in [5.74, 6) is -0.433. The number of aryl methyl sites for hydroxylation is 1. The van der Waals surface area contributed by atoms with Crippen LogP contribution in [0.25, 0.3) is 11.1 Å². The molecule has 1 atom stereocenters. The molecule has 0 spiro atoms. The molecule has 0 amide bonds. The van der Waals surface area contributed by atoms with Crippen molar-refractivity contribution < 1.29 is 18.6 Å². The van der Waals surface area contributed by atoms with E-state index in [0.717, 1.165) is 22.0 Å². The van der Waals surface area contributed by atoms with Crippen molar-refractivity contribution in [2.24, 2.45) is 26.4 Å². The fraction of sp³-hybridized carbons (Fsp3) is 0.385. The SMILES string of the molecule is CCn1c(O)c(C#N)c(C)c(N=Nc2ccc(-c3ccc(N=Nc4c(C)c(C#N)c(O)n(CC)c4=O)cc3S(=O)(=O)NC(C)CCCC(C)C)c(C)c2)c1=O. The third-order valence-corrected chi connectivity index (χ3v) is 10.9. The van der Waals surface area contributed by atoms with Gasteiger partial charge < -0.3 is 10.2 Å². The van der Waals surface area contributed by atoms with Gasteiger partial charge in [0.15, 0.2) is 11.4 Å². The van der Waals surface area contributed by atoms with E-state index in [0.29, 0.717) is 34.7 Å². The first-order valence-corrected chi connectivity index (χ1v) is 19.3. The van der Waals surface area contributed by atoms with Crippen LogP contribution < -0.4 is 15.8 Å². The average molecular weight is 768 g/mol. The van der Waals surface area contributed by atoms with Crippen LogP contribution >= 0.6 is 0 Å². The number of hydrogen-bond donors (Lipinski definition) is 3. The maximum Gasteiger partial charge on any atom is 0.281 e. The molecule has 15 nitrogen and oxygen atoms in total. The molecule has 3 N–H and O–H groups in total. The van der Waals surface area contributed by atoms with Crippen molar-refractivity contribution in [1.29, 1.82) is 10.5 Å². The van der Waals surface area contributed by atoms with E-state index in [4.69, 9.17) is 0 Å². The van der Waals surface area contributed by atoms with Crippen molar-refractivity contribution in [3.05, 3.63) is 84.9 Å². The van der Waals surface area contributed by atoms with E-state index >= 15 is 0 Å². The minimum absolute atomic E-state index is 0.0790. The van der Waals surface area contributed by atoms with E-state index in [1.54, 1.807) is 58.0 Å². The molecule has 0 saturated carbocycles. The number of aromatic nitrogens is 2. The third-order valence-electron chi connectivity index (χ3n) is 9.23. The lowest BCUT2D eigenvalue weighted by Gasteiger charge is -2.18. The average Bonchev–Trinajstić information content (AvgIpc) is 3.12. The molecule has 0 aliphatic carbocycles. The Kier molecular flexibility index (Phi) is 13.3. The molecule has 0 aliphatic heterocycles. The highest BCUT2D eigenvalue weighted by molar-refractivity contribution is 7.89. The first-order valence-electron chi connectivity index (χ1n) is 17.8. The second-order valence-electron chi connectivity index (χ2n) is 13.6. The Morgan fingerprint density at radius 1 is 0.745 bits per heavy atom. The summed E-state index contributed by atoms with van der Waals surface area (Å²) in [5.41, 5.74) is 0.598. The quantitative estimate of drug-likeness (QED) is 0.106. The van der Waals surface area contributed by atoms with Crippen LogP contribution in [-0.2, 0) is 23.1 Å². The summed E-state index contributed by atoms with van der Waals surface area (Å²) in [6.07, 6.45) is 2.40. The first kappa shape index (κ1) is 41.8. The lowest BCUT2D eigenvalue weighted by atomic mass is 9.99. The number of nitriles is 2. The summed E-state index contributed by atoms with van der Waals surface area (Å²) in [6, 6.07) is 12.9. The van der Waals surface area contributed by atoms with Crippen LogP contribution in [0.15, 0.2) is 71.3 Å². The van der Waals surface area contributed by atoms with Gasteiger partial charge in [0.05, 0.1) is 16.3 Å². The highest BCUT2D eigenvalue weighted by atomic mass is 32.2. The summed E-state index contributed by atoms with van der Waals surface area (Å²) in [7, 11) is -4.16. The van der Waals surface area contributed by atoms with Crippen LogP contribution in [0, 0.1) is 49.4 Å². The molecule has 4 rings (SSSR count). The van der Waals surface area contributed by atoms with Gasteiger partial charge in [-0.15, -0.1) is 10.2 Å². The monoisotopic (exact) mass is 767 g/mol. The van der Waals surface area contributed by atoms with E-state index in [9.17, 15) is 38.7 Å². The maximum absolute atomic E-state index is 14.1. The Morgan fingerprint density at radius 2 is 1.22 bits per heavy atom. The molecule has 16 heteroatoms. The Hall–Kier alpha value is -5.97. The highest BCUT2D eigenvalue weighted by Crippen LogP contribution is 2.36. The second kappa shape index (κ2) is 17.4. The van der Waals surface area contributed by atoms with Crippen LogP contribution in [0.4, 0.5) is 22.7 Å². The Morgan fingerprint density at radius 3 is 1.65 bits per heavy atom. The van der Waals surface area contributed by atoms with Crippen LogP contribution in [0.3, 0.4) is 0 Å². The van der Waals surface area contributed by atoms with Crippen molar-refractivity contribution in [3.63, 3.8) is 0 Å². The normalized spacial score (nSPS) is 12.4. The molecule has 0 radical (unpaired) electrons. The van der Waals surface area contributed by atoms with Gasteiger partial charge in [0.25, 0.3) is 11.1 Å². The van der Waals surface area contributed by atoms with Crippen LogP contribution in [-0.4, -0.2) is 33.8 Å².